The first-order chi connectivity index (χ1) is 14.1. The number of fused-ring (bicyclic) bond motifs is 1. The van der Waals surface area contributed by atoms with E-state index in [4.69, 9.17) is 13.8 Å². The Labute approximate surface area is 174 Å². The first-order valence-corrected chi connectivity index (χ1v) is 9.53. The lowest BCUT2D eigenvalue weighted by molar-refractivity contribution is 0.0997. The Bertz CT molecular complexity index is 1190. The summed E-state index contributed by atoms with van der Waals surface area (Å²) in [6.07, 6.45) is 1.67. The van der Waals surface area contributed by atoms with Crippen molar-refractivity contribution in [1.82, 2.24) is 10.3 Å². The van der Waals surface area contributed by atoms with Gasteiger partial charge in [-0.25, -0.2) is 4.63 Å². The first-order valence-electron chi connectivity index (χ1n) is 8.73. The first kappa shape index (κ1) is 18.9. The van der Waals surface area contributed by atoms with E-state index in [1.165, 1.54) is 0 Å². The highest BCUT2D eigenvalue weighted by Gasteiger charge is 2.21. The zero-order valence-electron chi connectivity index (χ0n) is 15.4. The van der Waals surface area contributed by atoms with E-state index >= 15 is 0 Å². The average molecular weight is 454 g/mol. The highest BCUT2D eigenvalue weighted by molar-refractivity contribution is 9.10. The molecule has 29 heavy (non-hydrogen) atoms. The lowest BCUT2D eigenvalue weighted by Crippen LogP contribution is -2.13. The van der Waals surface area contributed by atoms with Crippen molar-refractivity contribution in [3.8, 4) is 17.0 Å². The third-order valence-electron chi connectivity index (χ3n) is 4.32. The maximum absolute atomic E-state index is 12.8. The van der Waals surface area contributed by atoms with E-state index in [1.807, 2.05) is 25.1 Å². The van der Waals surface area contributed by atoms with Crippen LogP contribution in [-0.2, 0) is 0 Å². The number of anilines is 1. The molecule has 0 aliphatic carbocycles. The van der Waals surface area contributed by atoms with Gasteiger partial charge in [-0.1, -0.05) is 28.6 Å². The molecule has 146 valence electrons. The second kappa shape index (κ2) is 7.92. The summed E-state index contributed by atoms with van der Waals surface area (Å²) in [7, 11) is 0. The molecule has 4 aromatic rings. The summed E-state index contributed by atoms with van der Waals surface area (Å²) in [5.74, 6) is 0.675. The van der Waals surface area contributed by atoms with Crippen LogP contribution in [0.1, 0.15) is 16.1 Å². The zero-order valence-corrected chi connectivity index (χ0v) is 17.0. The van der Waals surface area contributed by atoms with Crippen LogP contribution in [-0.4, -0.2) is 22.8 Å². The molecule has 0 saturated carbocycles. The fourth-order valence-electron chi connectivity index (χ4n) is 2.90. The highest BCUT2D eigenvalue weighted by atomic mass is 79.9. The molecule has 2 aromatic heterocycles. The number of furan rings is 1. The van der Waals surface area contributed by atoms with Gasteiger partial charge in [0.1, 0.15) is 17.9 Å². The highest BCUT2D eigenvalue weighted by Crippen LogP contribution is 2.30. The molecule has 4 rings (SSSR count). The summed E-state index contributed by atoms with van der Waals surface area (Å²) in [5, 5.41) is 11.3. The Morgan fingerprint density at radius 2 is 2.03 bits per heavy atom. The summed E-state index contributed by atoms with van der Waals surface area (Å²) in [6.45, 7) is 5.86. The van der Waals surface area contributed by atoms with Gasteiger partial charge in [0.25, 0.3) is 5.91 Å². The van der Waals surface area contributed by atoms with E-state index in [1.54, 1.807) is 30.3 Å². The number of nitrogens with one attached hydrogen (secondary N) is 1. The maximum Gasteiger partial charge on any atom is 0.292 e. The molecule has 0 saturated heterocycles. The normalized spacial score (nSPS) is 10.8. The number of ether oxygens (including phenoxy) is 1. The second-order valence-corrected chi connectivity index (χ2v) is 7.15. The number of aryl methyl sites for hydroxylation is 1. The number of rotatable bonds is 6. The molecule has 0 fully saturated rings. The SMILES string of the molecule is C=CCOc1ccc(-c2nonc2NC(=O)c2oc3ccc(Br)cc3c2C)cc1. The Morgan fingerprint density at radius 1 is 1.24 bits per heavy atom. The fourth-order valence-corrected chi connectivity index (χ4v) is 3.26. The Hall–Kier alpha value is -3.39. The molecule has 0 aliphatic heterocycles. The van der Waals surface area contributed by atoms with Gasteiger partial charge in [-0.3, -0.25) is 10.1 Å². The van der Waals surface area contributed by atoms with Crippen molar-refractivity contribution in [2.24, 2.45) is 0 Å². The zero-order chi connectivity index (χ0) is 20.4. The van der Waals surface area contributed by atoms with Crippen LogP contribution in [0.5, 0.6) is 5.75 Å². The molecular weight excluding hydrogens is 438 g/mol. The van der Waals surface area contributed by atoms with E-state index in [2.05, 4.69) is 38.1 Å². The third-order valence-corrected chi connectivity index (χ3v) is 4.81. The van der Waals surface area contributed by atoms with Gasteiger partial charge >= 0.3 is 0 Å². The summed E-state index contributed by atoms with van der Waals surface area (Å²) >= 11 is 3.43. The quantitative estimate of drug-likeness (QED) is 0.394. The van der Waals surface area contributed by atoms with E-state index in [0.29, 0.717) is 23.6 Å². The van der Waals surface area contributed by atoms with Gasteiger partial charge < -0.3 is 9.15 Å². The van der Waals surface area contributed by atoms with Crippen molar-refractivity contribution in [3.05, 3.63) is 70.9 Å². The second-order valence-electron chi connectivity index (χ2n) is 6.24. The van der Waals surface area contributed by atoms with Gasteiger partial charge in [0.05, 0.1) is 0 Å². The summed E-state index contributed by atoms with van der Waals surface area (Å²) in [4.78, 5) is 12.8. The molecule has 0 spiro atoms. The van der Waals surface area contributed by atoms with Crippen LogP contribution < -0.4 is 10.1 Å². The maximum atomic E-state index is 12.8. The fraction of sp³-hybridized carbons (Fsp3) is 0.0952. The minimum Gasteiger partial charge on any atom is -0.490 e. The van der Waals surface area contributed by atoms with Crippen LogP contribution in [0.3, 0.4) is 0 Å². The summed E-state index contributed by atoms with van der Waals surface area (Å²) < 4.78 is 16.9. The number of aromatic nitrogens is 2. The minimum absolute atomic E-state index is 0.204. The monoisotopic (exact) mass is 453 g/mol. The number of benzene rings is 2. The molecule has 7 nitrogen and oxygen atoms in total. The van der Waals surface area contributed by atoms with Crippen LogP contribution >= 0.6 is 15.9 Å². The molecule has 1 N–H and O–H groups in total. The molecule has 8 heteroatoms. The van der Waals surface area contributed by atoms with Crippen molar-refractivity contribution < 1.29 is 18.6 Å². The predicted octanol–water partition coefficient (Wildman–Crippen LogP) is 5.37. The molecule has 0 unspecified atom stereocenters. The average Bonchev–Trinajstić information content (AvgIpc) is 3.31. The molecule has 1 amide bonds. The van der Waals surface area contributed by atoms with Gasteiger partial charge in [0.15, 0.2) is 11.5 Å². The summed E-state index contributed by atoms with van der Waals surface area (Å²) in [6, 6.07) is 12.8. The van der Waals surface area contributed by atoms with Crippen molar-refractivity contribution in [2.75, 3.05) is 11.9 Å². The van der Waals surface area contributed by atoms with Gasteiger partial charge in [0, 0.05) is 21.0 Å². The van der Waals surface area contributed by atoms with Crippen LogP contribution in [0.4, 0.5) is 5.82 Å². The van der Waals surface area contributed by atoms with Crippen molar-refractivity contribution in [3.63, 3.8) is 0 Å². The Balaban J connectivity index is 1.58. The summed E-state index contributed by atoms with van der Waals surface area (Å²) in [5.41, 5.74) is 2.49. The molecule has 0 aliphatic rings. The number of nitrogens with zero attached hydrogens (tertiary/aromatic N) is 2. The number of hydrogen-bond acceptors (Lipinski definition) is 6. The van der Waals surface area contributed by atoms with E-state index in [0.717, 1.165) is 21.0 Å². The Kier molecular flexibility index (Phi) is 5.18. The van der Waals surface area contributed by atoms with Crippen LogP contribution in [0.2, 0.25) is 0 Å². The lowest BCUT2D eigenvalue weighted by Gasteiger charge is -2.05. The molecule has 0 bridgehead atoms. The van der Waals surface area contributed by atoms with Crippen molar-refractivity contribution in [1.29, 1.82) is 0 Å². The van der Waals surface area contributed by atoms with E-state index in [9.17, 15) is 4.79 Å². The number of hydrogen-bond donors (Lipinski definition) is 1. The standard InChI is InChI=1S/C21H16BrN3O4/c1-3-10-27-15-7-4-13(5-8-15)18-20(25-29-24-18)23-21(26)19-12(2)16-11-14(22)6-9-17(16)28-19/h3-9,11H,1,10H2,2H3,(H,23,25,26). The number of amides is 1. The topological polar surface area (TPSA) is 90.4 Å². The number of carbonyl (C=O) groups is 1. The molecule has 2 heterocycles. The van der Waals surface area contributed by atoms with Gasteiger partial charge in [-0.05, 0) is 59.7 Å². The number of halogens is 1. The van der Waals surface area contributed by atoms with E-state index < -0.39 is 5.91 Å². The van der Waals surface area contributed by atoms with Crippen LogP contribution in [0.15, 0.2) is 68.6 Å². The number of carbonyl (C=O) groups excluding carboxylic acids is 1. The van der Waals surface area contributed by atoms with Crippen LogP contribution in [0.25, 0.3) is 22.2 Å². The van der Waals surface area contributed by atoms with E-state index in [-0.39, 0.29) is 11.6 Å². The third kappa shape index (κ3) is 3.79. The van der Waals surface area contributed by atoms with Crippen molar-refractivity contribution >= 4 is 38.6 Å². The van der Waals surface area contributed by atoms with Gasteiger partial charge in [0.2, 0.25) is 5.82 Å². The molecule has 0 radical (unpaired) electrons. The Morgan fingerprint density at radius 3 is 2.79 bits per heavy atom. The van der Waals surface area contributed by atoms with Crippen molar-refractivity contribution in [2.45, 2.75) is 6.92 Å². The van der Waals surface area contributed by atoms with Crippen LogP contribution in [0, 0.1) is 6.92 Å². The largest absolute Gasteiger partial charge is 0.490 e. The minimum atomic E-state index is -0.433. The van der Waals surface area contributed by atoms with Gasteiger partial charge in [-0.15, -0.1) is 0 Å². The molecular formula is C21H16BrN3O4. The lowest BCUT2D eigenvalue weighted by atomic mass is 10.1. The van der Waals surface area contributed by atoms with Gasteiger partial charge in [-0.2, -0.15) is 0 Å². The molecule has 2 aromatic carbocycles. The smallest absolute Gasteiger partial charge is 0.292 e. The predicted molar refractivity (Wildman–Crippen MR) is 112 cm³/mol. The molecule has 0 atom stereocenters.